The Morgan fingerprint density at radius 3 is 2.17 bits per heavy atom. The first-order chi connectivity index (χ1) is 8.63. The maximum Gasteiger partial charge on any atom is 0.258 e. The average molecular weight is 241 g/mol. The van der Waals surface area contributed by atoms with E-state index in [4.69, 9.17) is 0 Å². The SMILES string of the molecule is CCC=C(C)c1ccc(N2C(=O)C=CC2=O)cc1. The number of carbonyl (C=O) groups excluding carboxylic acids is 2. The summed E-state index contributed by atoms with van der Waals surface area (Å²) >= 11 is 0. The Morgan fingerprint density at radius 1 is 1.11 bits per heavy atom. The van der Waals surface area contributed by atoms with Gasteiger partial charge in [0.25, 0.3) is 11.8 Å². The summed E-state index contributed by atoms with van der Waals surface area (Å²) in [6, 6.07) is 7.45. The van der Waals surface area contributed by atoms with E-state index >= 15 is 0 Å². The van der Waals surface area contributed by atoms with Crippen molar-refractivity contribution in [2.24, 2.45) is 0 Å². The van der Waals surface area contributed by atoms with Crippen molar-refractivity contribution < 1.29 is 9.59 Å². The molecular weight excluding hydrogens is 226 g/mol. The first-order valence-electron chi connectivity index (χ1n) is 5.97. The van der Waals surface area contributed by atoms with Crippen LogP contribution in [0.4, 0.5) is 5.69 Å². The Kier molecular flexibility index (Phi) is 3.42. The highest BCUT2D eigenvalue weighted by atomic mass is 16.2. The van der Waals surface area contributed by atoms with E-state index in [1.807, 2.05) is 19.1 Å². The highest BCUT2D eigenvalue weighted by molar-refractivity contribution is 6.28. The number of hydrogen-bond acceptors (Lipinski definition) is 2. The van der Waals surface area contributed by atoms with Gasteiger partial charge in [-0.15, -0.1) is 0 Å². The third-order valence-corrected chi connectivity index (χ3v) is 2.90. The molecule has 1 heterocycles. The molecule has 18 heavy (non-hydrogen) atoms. The zero-order valence-corrected chi connectivity index (χ0v) is 10.5. The van der Waals surface area contributed by atoms with Crippen LogP contribution in [0.1, 0.15) is 25.8 Å². The Hall–Kier alpha value is -2.16. The van der Waals surface area contributed by atoms with E-state index < -0.39 is 0 Å². The fraction of sp³-hybridized carbons (Fsp3) is 0.200. The molecule has 1 aliphatic heterocycles. The van der Waals surface area contributed by atoms with Crippen LogP contribution in [0.2, 0.25) is 0 Å². The zero-order chi connectivity index (χ0) is 13.1. The van der Waals surface area contributed by atoms with Gasteiger partial charge in [0.1, 0.15) is 0 Å². The minimum atomic E-state index is -0.284. The molecule has 3 nitrogen and oxygen atoms in total. The minimum absolute atomic E-state index is 0.284. The van der Waals surface area contributed by atoms with Crippen molar-refractivity contribution in [1.29, 1.82) is 0 Å². The van der Waals surface area contributed by atoms with Gasteiger partial charge in [-0.3, -0.25) is 9.59 Å². The predicted molar refractivity (Wildman–Crippen MR) is 72.0 cm³/mol. The molecular formula is C15H15NO2. The highest BCUT2D eigenvalue weighted by Gasteiger charge is 2.24. The number of benzene rings is 1. The first-order valence-corrected chi connectivity index (χ1v) is 5.97. The van der Waals surface area contributed by atoms with Gasteiger partial charge < -0.3 is 0 Å². The van der Waals surface area contributed by atoms with Crippen molar-refractivity contribution in [2.45, 2.75) is 20.3 Å². The lowest BCUT2D eigenvalue weighted by molar-refractivity contribution is -0.119. The molecule has 0 aromatic heterocycles. The molecule has 1 aliphatic rings. The molecule has 1 aromatic rings. The van der Waals surface area contributed by atoms with Crippen LogP contribution in [0.25, 0.3) is 5.57 Å². The first kappa shape index (κ1) is 12.3. The number of allylic oxidation sites excluding steroid dienone is 2. The lowest BCUT2D eigenvalue weighted by atomic mass is 10.1. The average Bonchev–Trinajstić information content (AvgIpc) is 2.70. The molecule has 0 saturated carbocycles. The number of amides is 2. The molecule has 0 atom stereocenters. The number of rotatable bonds is 3. The summed E-state index contributed by atoms with van der Waals surface area (Å²) in [5, 5.41) is 0. The fourth-order valence-corrected chi connectivity index (χ4v) is 1.95. The van der Waals surface area contributed by atoms with Crippen molar-refractivity contribution in [1.82, 2.24) is 0 Å². The van der Waals surface area contributed by atoms with E-state index in [1.54, 1.807) is 12.1 Å². The maximum absolute atomic E-state index is 11.5. The van der Waals surface area contributed by atoms with Gasteiger partial charge in [-0.05, 0) is 36.6 Å². The predicted octanol–water partition coefficient (Wildman–Crippen LogP) is 2.93. The normalized spacial score (nSPS) is 15.7. The Balaban J connectivity index is 2.26. The Bertz CT molecular complexity index is 520. The van der Waals surface area contributed by atoms with E-state index in [2.05, 4.69) is 13.0 Å². The molecule has 0 saturated heterocycles. The van der Waals surface area contributed by atoms with Crippen LogP contribution in [0, 0.1) is 0 Å². The molecule has 92 valence electrons. The molecule has 0 fully saturated rings. The number of imide groups is 1. The second kappa shape index (κ2) is 5.00. The van der Waals surface area contributed by atoms with Crippen molar-refractivity contribution in [2.75, 3.05) is 4.90 Å². The van der Waals surface area contributed by atoms with Crippen molar-refractivity contribution in [3.05, 3.63) is 48.1 Å². The molecule has 3 heteroatoms. The van der Waals surface area contributed by atoms with E-state index in [1.165, 1.54) is 22.6 Å². The second-order valence-electron chi connectivity index (χ2n) is 4.19. The molecule has 0 bridgehead atoms. The number of anilines is 1. The monoisotopic (exact) mass is 241 g/mol. The Morgan fingerprint density at radius 2 is 1.67 bits per heavy atom. The third kappa shape index (κ3) is 2.25. The molecule has 0 N–H and O–H groups in total. The van der Waals surface area contributed by atoms with E-state index in [0.717, 1.165) is 12.0 Å². The fourth-order valence-electron chi connectivity index (χ4n) is 1.95. The molecule has 2 amide bonds. The van der Waals surface area contributed by atoms with E-state index in [9.17, 15) is 9.59 Å². The summed E-state index contributed by atoms with van der Waals surface area (Å²) in [6.45, 7) is 4.14. The summed E-state index contributed by atoms with van der Waals surface area (Å²) in [5.41, 5.74) is 2.91. The van der Waals surface area contributed by atoms with Crippen LogP contribution in [0.15, 0.2) is 42.5 Å². The van der Waals surface area contributed by atoms with Crippen molar-refractivity contribution in [3.8, 4) is 0 Å². The van der Waals surface area contributed by atoms with Crippen LogP contribution < -0.4 is 4.90 Å². The lowest BCUT2D eigenvalue weighted by Crippen LogP contribution is -2.29. The largest absolute Gasteiger partial charge is 0.269 e. The second-order valence-corrected chi connectivity index (χ2v) is 4.19. The summed E-state index contributed by atoms with van der Waals surface area (Å²) in [6.07, 6.45) is 5.71. The maximum atomic E-state index is 11.5. The van der Waals surface area contributed by atoms with Crippen LogP contribution >= 0.6 is 0 Å². The summed E-state index contributed by atoms with van der Waals surface area (Å²) in [4.78, 5) is 24.2. The van der Waals surface area contributed by atoms with Crippen LogP contribution in [-0.4, -0.2) is 11.8 Å². The van der Waals surface area contributed by atoms with Crippen molar-refractivity contribution in [3.63, 3.8) is 0 Å². The lowest BCUT2D eigenvalue weighted by Gasteiger charge is -2.14. The number of hydrogen-bond donors (Lipinski definition) is 0. The van der Waals surface area contributed by atoms with Gasteiger partial charge in [0.15, 0.2) is 0 Å². The van der Waals surface area contributed by atoms with Gasteiger partial charge in [-0.25, -0.2) is 4.90 Å². The molecule has 0 radical (unpaired) electrons. The molecule has 0 spiro atoms. The quantitative estimate of drug-likeness (QED) is 0.763. The van der Waals surface area contributed by atoms with Gasteiger partial charge in [0.2, 0.25) is 0 Å². The minimum Gasteiger partial charge on any atom is -0.269 e. The van der Waals surface area contributed by atoms with E-state index in [-0.39, 0.29) is 11.8 Å². The number of carbonyl (C=O) groups is 2. The Labute approximate surface area is 106 Å². The highest BCUT2D eigenvalue weighted by Crippen LogP contribution is 2.22. The van der Waals surface area contributed by atoms with Crippen LogP contribution in [0.3, 0.4) is 0 Å². The van der Waals surface area contributed by atoms with Gasteiger partial charge in [-0.2, -0.15) is 0 Å². The van der Waals surface area contributed by atoms with Gasteiger partial charge in [0.05, 0.1) is 5.69 Å². The molecule has 0 aliphatic carbocycles. The van der Waals surface area contributed by atoms with Gasteiger partial charge in [0, 0.05) is 12.2 Å². The van der Waals surface area contributed by atoms with Crippen LogP contribution in [0.5, 0.6) is 0 Å². The molecule has 0 unspecified atom stereocenters. The van der Waals surface area contributed by atoms with E-state index in [0.29, 0.717) is 5.69 Å². The van der Waals surface area contributed by atoms with Crippen LogP contribution in [-0.2, 0) is 9.59 Å². The summed E-state index contributed by atoms with van der Waals surface area (Å²) in [7, 11) is 0. The summed E-state index contributed by atoms with van der Waals surface area (Å²) in [5.74, 6) is -0.567. The molecule has 1 aromatic carbocycles. The van der Waals surface area contributed by atoms with Gasteiger partial charge in [-0.1, -0.05) is 25.1 Å². The van der Waals surface area contributed by atoms with Crippen molar-refractivity contribution >= 4 is 23.1 Å². The number of nitrogens with zero attached hydrogens (tertiary/aromatic N) is 1. The molecule has 2 rings (SSSR count). The smallest absolute Gasteiger partial charge is 0.258 e. The topological polar surface area (TPSA) is 37.4 Å². The van der Waals surface area contributed by atoms with Gasteiger partial charge >= 0.3 is 0 Å². The standard InChI is InChI=1S/C15H15NO2/c1-3-4-11(2)12-5-7-13(8-6-12)16-14(17)9-10-15(16)18/h4-10H,3H2,1-2H3. The summed E-state index contributed by atoms with van der Waals surface area (Å²) < 4.78 is 0. The third-order valence-electron chi connectivity index (χ3n) is 2.90. The zero-order valence-electron chi connectivity index (χ0n) is 10.5.